The molecule has 146 valence electrons. The molecule has 2 N–H and O–H groups in total. The first-order valence-corrected chi connectivity index (χ1v) is 8.57. The zero-order valence-electron chi connectivity index (χ0n) is 15.5. The van der Waals surface area contributed by atoms with Crippen LogP contribution in [0.5, 0.6) is 0 Å². The largest absolute Gasteiger partial charge is 0.394 e. The zero-order chi connectivity index (χ0) is 19.3. The van der Waals surface area contributed by atoms with Gasteiger partial charge in [-0.2, -0.15) is 0 Å². The van der Waals surface area contributed by atoms with Gasteiger partial charge in [0.15, 0.2) is 0 Å². The molecule has 0 aliphatic heterocycles. The van der Waals surface area contributed by atoms with Crippen molar-refractivity contribution < 1.29 is 29.3 Å². The predicted molar refractivity (Wildman–Crippen MR) is 94.0 cm³/mol. The molecule has 0 aromatic rings. The highest BCUT2D eigenvalue weighted by Crippen LogP contribution is 1.99. The van der Waals surface area contributed by atoms with Gasteiger partial charge >= 0.3 is 0 Å². The van der Waals surface area contributed by atoms with E-state index in [1.807, 2.05) is 6.92 Å². The first kappa shape index (κ1) is 25.8. The van der Waals surface area contributed by atoms with Crippen LogP contribution in [-0.2, 0) is 19.1 Å². The molecule has 0 aliphatic rings. The van der Waals surface area contributed by atoms with Gasteiger partial charge in [-0.15, -0.1) is 0 Å². The second-order valence-corrected chi connectivity index (χ2v) is 5.68. The fraction of sp³-hybridized carbons (Fsp3) is 0.882. The Bertz CT molecular complexity index is 357. The standard InChI is InChI=1S/C9H20O4.C8H12N2O2/c1-7(11)5-12-9(3)6-13-8(2)4-10;11-7-9-5-3-1-2-4-6-10-8-12/h7-11H,4-6H2,1-3H3;1-6H2. The minimum atomic E-state index is -0.447. The molecule has 0 saturated heterocycles. The van der Waals surface area contributed by atoms with Crippen molar-refractivity contribution in [1.29, 1.82) is 0 Å². The maximum atomic E-state index is 9.63. The van der Waals surface area contributed by atoms with E-state index in [0.717, 1.165) is 25.7 Å². The van der Waals surface area contributed by atoms with Crippen LogP contribution in [0.4, 0.5) is 0 Å². The number of unbranched alkanes of at least 4 members (excludes halogenated alkanes) is 3. The summed E-state index contributed by atoms with van der Waals surface area (Å²) in [6, 6.07) is 0. The average Bonchev–Trinajstić information content (AvgIpc) is 2.60. The van der Waals surface area contributed by atoms with E-state index in [1.54, 1.807) is 13.8 Å². The van der Waals surface area contributed by atoms with Gasteiger partial charge in [-0.1, -0.05) is 12.8 Å². The van der Waals surface area contributed by atoms with Crippen LogP contribution in [-0.4, -0.2) is 73.6 Å². The molecule has 0 amide bonds. The van der Waals surface area contributed by atoms with Crippen LogP contribution < -0.4 is 0 Å². The molecule has 0 radical (unpaired) electrons. The number of aliphatic imine (C=N–C) groups is 2. The van der Waals surface area contributed by atoms with Gasteiger partial charge in [0.25, 0.3) is 0 Å². The summed E-state index contributed by atoms with van der Waals surface area (Å²) in [5.41, 5.74) is 0. The smallest absolute Gasteiger partial charge is 0.234 e. The van der Waals surface area contributed by atoms with Crippen LogP contribution in [0.1, 0.15) is 46.5 Å². The topological polar surface area (TPSA) is 118 Å². The fourth-order valence-corrected chi connectivity index (χ4v) is 1.53. The van der Waals surface area contributed by atoms with Crippen molar-refractivity contribution in [2.45, 2.75) is 64.8 Å². The molecule has 0 aromatic carbocycles. The molecule has 0 bridgehead atoms. The number of isocyanates is 2. The van der Waals surface area contributed by atoms with Crippen molar-refractivity contribution in [3.05, 3.63) is 0 Å². The van der Waals surface area contributed by atoms with Gasteiger partial charge in [-0.3, -0.25) is 0 Å². The summed E-state index contributed by atoms with van der Waals surface area (Å²) in [6.45, 7) is 7.22. The third kappa shape index (κ3) is 25.0. The molecule has 0 spiro atoms. The van der Waals surface area contributed by atoms with Gasteiger partial charge in [0.2, 0.25) is 12.2 Å². The van der Waals surface area contributed by atoms with E-state index in [4.69, 9.17) is 19.7 Å². The van der Waals surface area contributed by atoms with Gasteiger partial charge in [-0.05, 0) is 33.6 Å². The molecule has 0 rings (SSSR count). The lowest BCUT2D eigenvalue weighted by molar-refractivity contribution is -0.0620. The van der Waals surface area contributed by atoms with Gasteiger partial charge in [0.1, 0.15) is 0 Å². The summed E-state index contributed by atoms with van der Waals surface area (Å²) in [6.07, 6.45) is 6.15. The monoisotopic (exact) mass is 360 g/mol. The lowest BCUT2D eigenvalue weighted by atomic mass is 10.2. The molecule has 0 fully saturated rings. The first-order chi connectivity index (χ1) is 12.0. The highest BCUT2D eigenvalue weighted by Gasteiger charge is 2.07. The van der Waals surface area contributed by atoms with Crippen LogP contribution in [0.25, 0.3) is 0 Å². The molecule has 0 aromatic heterocycles. The van der Waals surface area contributed by atoms with E-state index in [-0.39, 0.29) is 18.8 Å². The van der Waals surface area contributed by atoms with Crippen molar-refractivity contribution in [3.63, 3.8) is 0 Å². The second-order valence-electron chi connectivity index (χ2n) is 5.68. The van der Waals surface area contributed by atoms with Crippen molar-refractivity contribution >= 4 is 12.2 Å². The number of aliphatic hydroxyl groups excluding tert-OH is 2. The lowest BCUT2D eigenvalue weighted by Crippen LogP contribution is -2.24. The van der Waals surface area contributed by atoms with Crippen LogP contribution in [0, 0.1) is 0 Å². The summed E-state index contributed by atoms with van der Waals surface area (Å²) >= 11 is 0. The molecule has 0 heterocycles. The minimum Gasteiger partial charge on any atom is -0.394 e. The minimum absolute atomic E-state index is 0.0170. The van der Waals surface area contributed by atoms with Crippen molar-refractivity contribution in [2.75, 3.05) is 32.9 Å². The molecule has 8 nitrogen and oxygen atoms in total. The summed E-state index contributed by atoms with van der Waals surface area (Å²) in [5.74, 6) is 0. The Labute approximate surface area is 150 Å². The quantitative estimate of drug-likeness (QED) is 0.274. The van der Waals surface area contributed by atoms with Crippen LogP contribution >= 0.6 is 0 Å². The van der Waals surface area contributed by atoms with E-state index in [1.165, 1.54) is 12.2 Å². The van der Waals surface area contributed by atoms with Crippen LogP contribution in [0.15, 0.2) is 9.98 Å². The van der Waals surface area contributed by atoms with E-state index >= 15 is 0 Å². The predicted octanol–water partition coefficient (Wildman–Crippen LogP) is 1.39. The van der Waals surface area contributed by atoms with Gasteiger partial charge in [0, 0.05) is 0 Å². The number of nitrogens with zero attached hydrogens (tertiary/aromatic N) is 2. The first-order valence-electron chi connectivity index (χ1n) is 8.57. The van der Waals surface area contributed by atoms with E-state index in [2.05, 4.69) is 9.98 Å². The Balaban J connectivity index is 0. The molecule has 0 aliphatic carbocycles. The average molecular weight is 360 g/mol. The summed E-state index contributed by atoms with van der Waals surface area (Å²) in [5, 5.41) is 17.6. The van der Waals surface area contributed by atoms with E-state index in [0.29, 0.717) is 26.3 Å². The molecule has 25 heavy (non-hydrogen) atoms. The number of carbonyl (C=O) groups excluding carboxylic acids is 2. The van der Waals surface area contributed by atoms with Gasteiger partial charge < -0.3 is 19.7 Å². The number of aliphatic hydroxyl groups is 2. The fourth-order valence-electron chi connectivity index (χ4n) is 1.53. The normalized spacial score (nSPS) is 13.5. The highest BCUT2D eigenvalue weighted by atomic mass is 16.5. The third-order valence-corrected chi connectivity index (χ3v) is 2.91. The number of ether oxygens (including phenoxy) is 2. The Kier molecular flexibility index (Phi) is 21.3. The molecule has 0 saturated carbocycles. The van der Waals surface area contributed by atoms with Crippen molar-refractivity contribution in [2.24, 2.45) is 9.98 Å². The molecule has 3 unspecified atom stereocenters. The third-order valence-electron chi connectivity index (χ3n) is 2.91. The number of rotatable bonds is 14. The van der Waals surface area contributed by atoms with E-state index < -0.39 is 6.10 Å². The maximum Gasteiger partial charge on any atom is 0.234 e. The number of hydrogen-bond donors (Lipinski definition) is 2. The molecular formula is C17H32N2O6. The molecular weight excluding hydrogens is 328 g/mol. The Morgan fingerprint density at radius 3 is 1.72 bits per heavy atom. The molecule has 8 heteroatoms. The lowest BCUT2D eigenvalue weighted by Gasteiger charge is -2.16. The Morgan fingerprint density at radius 2 is 1.32 bits per heavy atom. The number of hydrogen-bond acceptors (Lipinski definition) is 8. The summed E-state index contributed by atoms with van der Waals surface area (Å²) in [7, 11) is 0. The summed E-state index contributed by atoms with van der Waals surface area (Å²) in [4.78, 5) is 26.1. The van der Waals surface area contributed by atoms with E-state index in [9.17, 15) is 9.59 Å². The second kappa shape index (κ2) is 20.6. The van der Waals surface area contributed by atoms with Crippen molar-refractivity contribution in [3.8, 4) is 0 Å². The van der Waals surface area contributed by atoms with Crippen molar-refractivity contribution in [1.82, 2.24) is 0 Å². The van der Waals surface area contributed by atoms with Crippen LogP contribution in [0.2, 0.25) is 0 Å². The van der Waals surface area contributed by atoms with Crippen LogP contribution in [0.3, 0.4) is 0 Å². The Morgan fingerprint density at radius 1 is 0.840 bits per heavy atom. The van der Waals surface area contributed by atoms with Gasteiger partial charge in [-0.25, -0.2) is 19.6 Å². The van der Waals surface area contributed by atoms with Gasteiger partial charge in [0.05, 0.1) is 51.2 Å². The molecule has 3 atom stereocenters. The SMILES string of the molecule is CC(O)COC(C)COC(C)CO.O=C=NCCCCCCN=C=O. The summed E-state index contributed by atoms with van der Waals surface area (Å²) < 4.78 is 10.5. The zero-order valence-corrected chi connectivity index (χ0v) is 15.5. The maximum absolute atomic E-state index is 9.63. The highest BCUT2D eigenvalue weighted by molar-refractivity contribution is 5.32. The Hall–Kier alpha value is -1.40.